The number of piperidine rings is 1. The number of likely N-dealkylation sites (tertiary alicyclic amines) is 1. The summed E-state index contributed by atoms with van der Waals surface area (Å²) >= 11 is 0. The summed E-state index contributed by atoms with van der Waals surface area (Å²) in [6.07, 6.45) is 4.89. The van der Waals surface area contributed by atoms with Gasteiger partial charge in [0.05, 0.1) is 13.2 Å². The number of carbonyl (C=O) groups excluding carboxylic acids is 1. The Morgan fingerprint density at radius 2 is 2.22 bits per heavy atom. The molecule has 2 rings (SSSR count). The van der Waals surface area contributed by atoms with E-state index < -0.39 is 0 Å². The molecule has 0 saturated carbocycles. The normalized spacial score (nSPS) is 23.5. The van der Waals surface area contributed by atoms with Crippen LogP contribution in [0.1, 0.15) is 46.0 Å². The first-order valence-corrected chi connectivity index (χ1v) is 10.6. The molecule has 1 amide bonds. The van der Waals surface area contributed by atoms with Crippen molar-refractivity contribution in [3.8, 4) is 0 Å². The Balaban J connectivity index is 1.57. The lowest BCUT2D eigenvalue weighted by atomic mass is 10.00. The lowest BCUT2D eigenvalue weighted by Crippen LogP contribution is -2.42. The van der Waals surface area contributed by atoms with Gasteiger partial charge in [0.1, 0.15) is 0 Å². The fourth-order valence-corrected chi connectivity index (χ4v) is 3.53. The smallest absolute Gasteiger partial charge is 0.224 e. The van der Waals surface area contributed by atoms with Gasteiger partial charge >= 0.3 is 0 Å². The van der Waals surface area contributed by atoms with Crippen LogP contribution in [0.15, 0.2) is 4.99 Å². The van der Waals surface area contributed by atoms with Gasteiger partial charge in [0.15, 0.2) is 5.96 Å². The molecule has 2 aliphatic heterocycles. The molecule has 2 unspecified atom stereocenters. The van der Waals surface area contributed by atoms with E-state index in [4.69, 9.17) is 9.47 Å². The first-order chi connectivity index (χ1) is 13.2. The lowest BCUT2D eigenvalue weighted by molar-refractivity contribution is -0.132. The number of nitrogens with one attached hydrogen (secondary N) is 2. The average molecular weight is 383 g/mol. The van der Waals surface area contributed by atoms with Gasteiger partial charge in [0.2, 0.25) is 5.91 Å². The van der Waals surface area contributed by atoms with Crippen molar-refractivity contribution in [3.63, 3.8) is 0 Å². The number of hydrogen-bond donors (Lipinski definition) is 2. The van der Waals surface area contributed by atoms with E-state index in [1.807, 2.05) is 11.8 Å². The number of amides is 1. The van der Waals surface area contributed by atoms with Gasteiger partial charge in [0, 0.05) is 58.3 Å². The van der Waals surface area contributed by atoms with E-state index in [1.165, 1.54) is 6.42 Å². The fraction of sp³-hybridized carbons (Fsp3) is 0.900. The van der Waals surface area contributed by atoms with Crippen molar-refractivity contribution in [3.05, 3.63) is 0 Å². The van der Waals surface area contributed by atoms with Crippen LogP contribution in [0.5, 0.6) is 0 Å². The molecule has 0 aromatic rings. The van der Waals surface area contributed by atoms with E-state index in [9.17, 15) is 4.79 Å². The molecular weight excluding hydrogens is 344 g/mol. The summed E-state index contributed by atoms with van der Waals surface area (Å²) in [5.74, 6) is 2.21. The molecule has 0 aromatic carbocycles. The predicted molar refractivity (Wildman–Crippen MR) is 108 cm³/mol. The lowest BCUT2D eigenvalue weighted by Gasteiger charge is -2.31. The second kappa shape index (κ2) is 12.9. The third-order valence-electron chi connectivity index (χ3n) is 5.08. The summed E-state index contributed by atoms with van der Waals surface area (Å²) in [7, 11) is 0. The van der Waals surface area contributed by atoms with Crippen molar-refractivity contribution in [2.75, 3.05) is 59.2 Å². The maximum absolute atomic E-state index is 12.3. The van der Waals surface area contributed by atoms with Crippen molar-refractivity contribution in [1.29, 1.82) is 0 Å². The quantitative estimate of drug-likeness (QED) is 0.341. The van der Waals surface area contributed by atoms with Crippen LogP contribution in [-0.4, -0.2) is 75.9 Å². The molecule has 2 aliphatic rings. The summed E-state index contributed by atoms with van der Waals surface area (Å²) in [6, 6.07) is 0. The van der Waals surface area contributed by atoms with Crippen LogP contribution in [0.3, 0.4) is 0 Å². The first-order valence-electron chi connectivity index (χ1n) is 10.6. The molecule has 0 aliphatic carbocycles. The maximum atomic E-state index is 12.3. The van der Waals surface area contributed by atoms with Gasteiger partial charge in [-0.25, -0.2) is 0 Å². The number of guanidine groups is 1. The number of ether oxygens (including phenoxy) is 2. The zero-order valence-electron chi connectivity index (χ0n) is 17.2. The summed E-state index contributed by atoms with van der Waals surface area (Å²) in [4.78, 5) is 18.9. The Morgan fingerprint density at radius 1 is 1.33 bits per heavy atom. The van der Waals surface area contributed by atoms with Gasteiger partial charge in [-0.2, -0.15) is 0 Å². The van der Waals surface area contributed by atoms with Crippen molar-refractivity contribution in [2.45, 2.75) is 46.0 Å². The fourth-order valence-electron chi connectivity index (χ4n) is 3.53. The average Bonchev–Trinajstić information content (AvgIpc) is 3.18. The standard InChI is InChI=1S/C20H38N4O3/c1-3-21-20(22-9-5-12-26-15-18-8-13-27-16-18)23-10-7-19(25)24-11-4-6-17(2)14-24/h17-18H,3-16H2,1-2H3,(H2,21,22,23). The molecule has 7 heteroatoms. The molecule has 27 heavy (non-hydrogen) atoms. The van der Waals surface area contributed by atoms with Crippen LogP contribution in [0.2, 0.25) is 0 Å². The highest BCUT2D eigenvalue weighted by atomic mass is 16.5. The van der Waals surface area contributed by atoms with E-state index in [-0.39, 0.29) is 5.91 Å². The molecule has 0 radical (unpaired) electrons. The Bertz CT molecular complexity index is 453. The minimum Gasteiger partial charge on any atom is -0.381 e. The van der Waals surface area contributed by atoms with E-state index in [0.29, 0.717) is 31.3 Å². The van der Waals surface area contributed by atoms with Gasteiger partial charge in [-0.05, 0) is 38.5 Å². The Labute approximate surface area is 164 Å². The zero-order valence-corrected chi connectivity index (χ0v) is 17.2. The van der Waals surface area contributed by atoms with Crippen molar-refractivity contribution in [2.24, 2.45) is 16.8 Å². The minimum absolute atomic E-state index is 0.245. The van der Waals surface area contributed by atoms with Gasteiger partial charge in [-0.3, -0.25) is 9.79 Å². The second-order valence-electron chi connectivity index (χ2n) is 7.68. The number of nitrogens with zero attached hydrogens (tertiary/aromatic N) is 2. The molecule has 0 spiro atoms. The third kappa shape index (κ3) is 8.93. The molecule has 2 heterocycles. The number of carbonyl (C=O) groups is 1. The van der Waals surface area contributed by atoms with E-state index >= 15 is 0 Å². The second-order valence-corrected chi connectivity index (χ2v) is 7.68. The van der Waals surface area contributed by atoms with Crippen LogP contribution in [0.25, 0.3) is 0 Å². The van der Waals surface area contributed by atoms with Crippen LogP contribution in [0.4, 0.5) is 0 Å². The summed E-state index contributed by atoms with van der Waals surface area (Å²) in [6.45, 7) is 11.4. The van der Waals surface area contributed by atoms with Crippen molar-refractivity contribution < 1.29 is 14.3 Å². The largest absolute Gasteiger partial charge is 0.381 e. The maximum Gasteiger partial charge on any atom is 0.224 e. The van der Waals surface area contributed by atoms with E-state index in [2.05, 4.69) is 22.5 Å². The monoisotopic (exact) mass is 382 g/mol. The summed E-state index contributed by atoms with van der Waals surface area (Å²) in [5.41, 5.74) is 0. The molecule has 2 atom stereocenters. The third-order valence-corrected chi connectivity index (χ3v) is 5.08. The van der Waals surface area contributed by atoms with Crippen LogP contribution in [0, 0.1) is 11.8 Å². The Hall–Kier alpha value is -1.34. The molecule has 2 N–H and O–H groups in total. The summed E-state index contributed by atoms with van der Waals surface area (Å²) < 4.78 is 11.1. The predicted octanol–water partition coefficient (Wildman–Crippen LogP) is 1.63. The molecule has 7 nitrogen and oxygen atoms in total. The molecular formula is C20H38N4O3. The molecule has 156 valence electrons. The highest BCUT2D eigenvalue weighted by Gasteiger charge is 2.20. The minimum atomic E-state index is 0.245. The first kappa shape index (κ1) is 22.0. The number of aliphatic imine (C=N–C) groups is 1. The SMILES string of the molecule is CCNC(=NCCCOCC1CCOC1)NCCC(=O)N1CCCC(C)C1. The zero-order chi connectivity index (χ0) is 19.3. The van der Waals surface area contributed by atoms with Crippen molar-refractivity contribution >= 4 is 11.9 Å². The number of hydrogen-bond acceptors (Lipinski definition) is 4. The van der Waals surface area contributed by atoms with E-state index in [1.54, 1.807) is 0 Å². The number of rotatable bonds is 10. The van der Waals surface area contributed by atoms with E-state index in [0.717, 1.165) is 71.3 Å². The van der Waals surface area contributed by atoms with Gasteiger partial charge in [0.25, 0.3) is 0 Å². The van der Waals surface area contributed by atoms with Gasteiger partial charge < -0.3 is 25.0 Å². The van der Waals surface area contributed by atoms with Crippen molar-refractivity contribution in [1.82, 2.24) is 15.5 Å². The molecule has 2 fully saturated rings. The topological polar surface area (TPSA) is 75.2 Å². The molecule has 2 saturated heterocycles. The van der Waals surface area contributed by atoms with Crippen LogP contribution < -0.4 is 10.6 Å². The van der Waals surface area contributed by atoms with Crippen LogP contribution in [-0.2, 0) is 14.3 Å². The molecule has 0 bridgehead atoms. The van der Waals surface area contributed by atoms with Gasteiger partial charge in [-0.1, -0.05) is 6.92 Å². The molecule has 0 aromatic heterocycles. The van der Waals surface area contributed by atoms with Crippen LogP contribution >= 0.6 is 0 Å². The highest BCUT2D eigenvalue weighted by Crippen LogP contribution is 2.16. The summed E-state index contributed by atoms with van der Waals surface area (Å²) in [5, 5.41) is 6.51. The highest BCUT2D eigenvalue weighted by molar-refractivity contribution is 5.81. The van der Waals surface area contributed by atoms with Gasteiger partial charge in [-0.15, -0.1) is 0 Å². The Morgan fingerprint density at radius 3 is 2.96 bits per heavy atom. The Kier molecular flexibility index (Phi) is 10.5.